The first-order valence-electron chi connectivity index (χ1n) is 7.74. The standard InChI is InChI=1S/C17H25FN2/c1-16(2)12-19-17(8-3-4-9-17)13-20(16)11-14-6-5-7-15(18)10-14/h5-7,10,19H,3-4,8-9,11-13H2,1-2H3. The predicted octanol–water partition coefficient (Wildman–Crippen LogP) is 3.32. The number of piperazine rings is 1. The van der Waals surface area contributed by atoms with Crippen LogP contribution in [0.3, 0.4) is 0 Å². The van der Waals surface area contributed by atoms with E-state index in [0.717, 1.165) is 25.2 Å². The quantitative estimate of drug-likeness (QED) is 0.891. The second-order valence-electron chi connectivity index (χ2n) is 7.14. The summed E-state index contributed by atoms with van der Waals surface area (Å²) in [6.45, 7) is 7.50. The molecule has 1 saturated carbocycles. The molecule has 1 saturated heterocycles. The summed E-state index contributed by atoms with van der Waals surface area (Å²) in [6.07, 6.45) is 5.23. The van der Waals surface area contributed by atoms with Crippen LogP contribution in [0.5, 0.6) is 0 Å². The summed E-state index contributed by atoms with van der Waals surface area (Å²) in [5, 5.41) is 3.80. The Labute approximate surface area is 121 Å². The van der Waals surface area contributed by atoms with Gasteiger partial charge < -0.3 is 5.32 Å². The monoisotopic (exact) mass is 276 g/mol. The first-order chi connectivity index (χ1) is 9.49. The van der Waals surface area contributed by atoms with Crippen molar-refractivity contribution >= 4 is 0 Å². The molecule has 1 N–H and O–H groups in total. The van der Waals surface area contributed by atoms with Crippen LogP contribution in [0.25, 0.3) is 0 Å². The molecule has 1 heterocycles. The van der Waals surface area contributed by atoms with Gasteiger partial charge in [0.1, 0.15) is 5.82 Å². The molecule has 3 heteroatoms. The molecule has 20 heavy (non-hydrogen) atoms. The Hall–Kier alpha value is -0.930. The van der Waals surface area contributed by atoms with Crippen molar-refractivity contribution in [3.8, 4) is 0 Å². The number of nitrogens with one attached hydrogen (secondary N) is 1. The molecule has 1 aromatic carbocycles. The third-order valence-electron chi connectivity index (χ3n) is 5.07. The average Bonchev–Trinajstić information content (AvgIpc) is 2.84. The van der Waals surface area contributed by atoms with E-state index in [0.29, 0.717) is 5.54 Å². The average molecular weight is 276 g/mol. The van der Waals surface area contributed by atoms with Gasteiger partial charge in [0.2, 0.25) is 0 Å². The summed E-state index contributed by atoms with van der Waals surface area (Å²) in [5.41, 5.74) is 1.51. The third kappa shape index (κ3) is 2.75. The highest BCUT2D eigenvalue weighted by Crippen LogP contribution is 2.36. The minimum atomic E-state index is -0.133. The summed E-state index contributed by atoms with van der Waals surface area (Å²) in [7, 11) is 0. The minimum Gasteiger partial charge on any atom is -0.308 e. The second-order valence-corrected chi connectivity index (χ2v) is 7.14. The van der Waals surface area contributed by atoms with Crippen molar-refractivity contribution in [2.24, 2.45) is 0 Å². The van der Waals surface area contributed by atoms with Crippen molar-refractivity contribution in [2.45, 2.75) is 57.2 Å². The number of hydrogen-bond donors (Lipinski definition) is 1. The van der Waals surface area contributed by atoms with Crippen LogP contribution in [0.1, 0.15) is 45.1 Å². The molecule has 0 aromatic heterocycles. The van der Waals surface area contributed by atoms with E-state index in [1.54, 1.807) is 6.07 Å². The summed E-state index contributed by atoms with van der Waals surface area (Å²) in [6, 6.07) is 7.03. The van der Waals surface area contributed by atoms with Crippen molar-refractivity contribution in [3.63, 3.8) is 0 Å². The highest BCUT2D eigenvalue weighted by Gasteiger charge is 2.43. The summed E-state index contributed by atoms with van der Waals surface area (Å²) in [4.78, 5) is 2.53. The highest BCUT2D eigenvalue weighted by molar-refractivity contribution is 5.17. The fourth-order valence-electron chi connectivity index (χ4n) is 3.66. The fourth-order valence-corrected chi connectivity index (χ4v) is 3.66. The normalized spacial score (nSPS) is 25.1. The Morgan fingerprint density at radius 3 is 2.70 bits per heavy atom. The Morgan fingerprint density at radius 1 is 1.25 bits per heavy atom. The van der Waals surface area contributed by atoms with Crippen LogP contribution in [0.4, 0.5) is 4.39 Å². The number of nitrogens with zero attached hydrogens (tertiary/aromatic N) is 1. The molecule has 2 aliphatic rings. The maximum atomic E-state index is 13.4. The van der Waals surface area contributed by atoms with Crippen molar-refractivity contribution in [1.82, 2.24) is 10.2 Å². The Balaban J connectivity index is 1.78. The maximum Gasteiger partial charge on any atom is 0.123 e. The van der Waals surface area contributed by atoms with Gasteiger partial charge >= 0.3 is 0 Å². The maximum absolute atomic E-state index is 13.4. The van der Waals surface area contributed by atoms with Gasteiger partial charge in [0.25, 0.3) is 0 Å². The molecule has 2 nitrogen and oxygen atoms in total. The molecule has 0 amide bonds. The van der Waals surface area contributed by atoms with Crippen molar-refractivity contribution in [1.29, 1.82) is 0 Å². The summed E-state index contributed by atoms with van der Waals surface area (Å²) in [5.74, 6) is -0.133. The zero-order valence-electron chi connectivity index (χ0n) is 12.6. The van der Waals surface area contributed by atoms with Gasteiger partial charge in [-0.25, -0.2) is 4.39 Å². The van der Waals surface area contributed by atoms with Gasteiger partial charge in [0, 0.05) is 30.7 Å². The van der Waals surface area contributed by atoms with E-state index in [4.69, 9.17) is 0 Å². The molecule has 0 atom stereocenters. The minimum absolute atomic E-state index is 0.125. The van der Waals surface area contributed by atoms with Gasteiger partial charge in [-0.3, -0.25) is 4.90 Å². The fraction of sp³-hybridized carbons (Fsp3) is 0.647. The topological polar surface area (TPSA) is 15.3 Å². The lowest BCUT2D eigenvalue weighted by molar-refractivity contribution is 0.0216. The SMILES string of the molecule is CC1(C)CNC2(CCCC2)CN1Cc1cccc(F)c1. The Morgan fingerprint density at radius 2 is 2.00 bits per heavy atom. The molecule has 0 bridgehead atoms. The first-order valence-corrected chi connectivity index (χ1v) is 7.74. The molecular formula is C17H25FN2. The molecule has 3 rings (SSSR count). The molecule has 0 radical (unpaired) electrons. The van der Waals surface area contributed by atoms with E-state index in [9.17, 15) is 4.39 Å². The molecule has 1 aliphatic carbocycles. The number of benzene rings is 1. The van der Waals surface area contributed by atoms with E-state index in [2.05, 4.69) is 24.1 Å². The van der Waals surface area contributed by atoms with Crippen molar-refractivity contribution in [2.75, 3.05) is 13.1 Å². The van der Waals surface area contributed by atoms with Gasteiger partial charge in [-0.15, -0.1) is 0 Å². The predicted molar refractivity (Wildman–Crippen MR) is 80.1 cm³/mol. The molecule has 2 fully saturated rings. The molecule has 1 spiro atoms. The lowest BCUT2D eigenvalue weighted by atomic mass is 9.87. The zero-order chi connectivity index (χ0) is 14.2. The van der Waals surface area contributed by atoms with Gasteiger partial charge in [0.05, 0.1) is 0 Å². The summed E-state index contributed by atoms with van der Waals surface area (Å²) < 4.78 is 13.4. The third-order valence-corrected chi connectivity index (χ3v) is 5.07. The van der Waals surface area contributed by atoms with Crippen molar-refractivity contribution in [3.05, 3.63) is 35.6 Å². The Kier molecular flexibility index (Phi) is 3.59. The van der Waals surface area contributed by atoms with Gasteiger partial charge in [-0.1, -0.05) is 25.0 Å². The van der Waals surface area contributed by atoms with Crippen LogP contribution < -0.4 is 5.32 Å². The lowest BCUT2D eigenvalue weighted by Gasteiger charge is -2.51. The van der Waals surface area contributed by atoms with Crippen LogP contribution >= 0.6 is 0 Å². The van der Waals surface area contributed by atoms with E-state index in [-0.39, 0.29) is 11.4 Å². The largest absolute Gasteiger partial charge is 0.308 e. The zero-order valence-corrected chi connectivity index (χ0v) is 12.6. The number of rotatable bonds is 2. The van der Waals surface area contributed by atoms with Crippen LogP contribution in [-0.2, 0) is 6.54 Å². The van der Waals surface area contributed by atoms with Gasteiger partial charge in [-0.2, -0.15) is 0 Å². The smallest absolute Gasteiger partial charge is 0.123 e. The lowest BCUT2D eigenvalue weighted by Crippen LogP contribution is -2.66. The molecular weight excluding hydrogens is 251 g/mol. The van der Waals surface area contributed by atoms with Crippen LogP contribution in [0, 0.1) is 5.82 Å². The number of hydrogen-bond acceptors (Lipinski definition) is 2. The summed E-state index contributed by atoms with van der Waals surface area (Å²) >= 11 is 0. The van der Waals surface area contributed by atoms with E-state index < -0.39 is 0 Å². The molecule has 0 unspecified atom stereocenters. The molecule has 110 valence electrons. The van der Waals surface area contributed by atoms with Crippen molar-refractivity contribution < 1.29 is 4.39 Å². The van der Waals surface area contributed by atoms with E-state index in [1.807, 2.05) is 12.1 Å². The van der Waals surface area contributed by atoms with E-state index >= 15 is 0 Å². The van der Waals surface area contributed by atoms with Gasteiger partial charge in [0.15, 0.2) is 0 Å². The van der Waals surface area contributed by atoms with Crippen LogP contribution in [0.15, 0.2) is 24.3 Å². The molecule has 1 aliphatic heterocycles. The van der Waals surface area contributed by atoms with Gasteiger partial charge in [-0.05, 0) is 44.4 Å². The highest BCUT2D eigenvalue weighted by atomic mass is 19.1. The number of halogens is 1. The Bertz CT molecular complexity index is 478. The van der Waals surface area contributed by atoms with E-state index in [1.165, 1.54) is 31.7 Å². The van der Waals surface area contributed by atoms with Crippen LogP contribution in [0.2, 0.25) is 0 Å². The van der Waals surface area contributed by atoms with Crippen LogP contribution in [-0.4, -0.2) is 29.1 Å². The second kappa shape index (κ2) is 5.12. The first kappa shape index (κ1) is 14.0. The molecule has 1 aromatic rings.